The molecule has 0 bridgehead atoms. The van der Waals surface area contributed by atoms with E-state index in [1.54, 1.807) is 24.3 Å². The number of nitrogens with one attached hydrogen (secondary N) is 2. The number of methoxy groups -OCH3 is 1. The number of carbonyl (C=O) groups is 2. The number of urea groups is 1. The summed E-state index contributed by atoms with van der Waals surface area (Å²) in [5.41, 5.74) is 11.5. The lowest BCUT2D eigenvalue weighted by atomic mass is 10.2. The fourth-order valence-corrected chi connectivity index (χ4v) is 1.31. The van der Waals surface area contributed by atoms with Gasteiger partial charge in [0.15, 0.2) is 0 Å². The maximum atomic E-state index is 11.6. The summed E-state index contributed by atoms with van der Waals surface area (Å²) in [4.78, 5) is 22.2. The van der Waals surface area contributed by atoms with Crippen LogP contribution in [0, 0.1) is 0 Å². The molecule has 3 amide bonds. The van der Waals surface area contributed by atoms with Gasteiger partial charge in [-0.15, -0.1) is 0 Å². The molecule has 1 aromatic rings. The number of anilines is 2. The van der Waals surface area contributed by atoms with Crippen molar-refractivity contribution in [1.29, 1.82) is 0 Å². The molecular weight excluding hydrogens is 236 g/mol. The molecule has 0 saturated heterocycles. The molecule has 1 rings (SSSR count). The van der Waals surface area contributed by atoms with Crippen molar-refractivity contribution in [3.63, 3.8) is 0 Å². The molecule has 1 atom stereocenters. The first kappa shape index (κ1) is 13.9. The Labute approximate surface area is 104 Å². The zero-order valence-electron chi connectivity index (χ0n) is 9.97. The van der Waals surface area contributed by atoms with Crippen LogP contribution < -0.4 is 22.1 Å². The SMILES string of the molecule is COC(CN)C(=O)Nc1ccc(NC(N)=O)cc1. The van der Waals surface area contributed by atoms with Gasteiger partial charge in [-0.25, -0.2) is 4.79 Å². The second kappa shape index (κ2) is 6.58. The average molecular weight is 252 g/mol. The normalized spacial score (nSPS) is 11.7. The first-order valence-corrected chi connectivity index (χ1v) is 5.27. The molecule has 98 valence electrons. The number of hydrogen-bond acceptors (Lipinski definition) is 4. The minimum Gasteiger partial charge on any atom is -0.370 e. The summed E-state index contributed by atoms with van der Waals surface area (Å²) >= 11 is 0. The largest absolute Gasteiger partial charge is 0.370 e. The Balaban J connectivity index is 2.63. The summed E-state index contributed by atoms with van der Waals surface area (Å²) in [6, 6.07) is 5.85. The van der Waals surface area contributed by atoms with E-state index in [0.29, 0.717) is 11.4 Å². The Bertz CT molecular complexity index is 415. The van der Waals surface area contributed by atoms with Gasteiger partial charge in [0.05, 0.1) is 0 Å². The average Bonchev–Trinajstić information content (AvgIpc) is 2.32. The Morgan fingerprint density at radius 2 is 1.72 bits per heavy atom. The first-order valence-electron chi connectivity index (χ1n) is 5.27. The van der Waals surface area contributed by atoms with Crippen molar-refractivity contribution < 1.29 is 14.3 Å². The lowest BCUT2D eigenvalue weighted by Gasteiger charge is -2.13. The quantitative estimate of drug-likeness (QED) is 0.593. The van der Waals surface area contributed by atoms with E-state index in [4.69, 9.17) is 16.2 Å². The van der Waals surface area contributed by atoms with Crippen molar-refractivity contribution in [3.05, 3.63) is 24.3 Å². The van der Waals surface area contributed by atoms with E-state index in [0.717, 1.165) is 0 Å². The van der Waals surface area contributed by atoms with Crippen LogP contribution in [0.3, 0.4) is 0 Å². The highest BCUT2D eigenvalue weighted by molar-refractivity contribution is 5.95. The zero-order chi connectivity index (χ0) is 13.5. The van der Waals surface area contributed by atoms with Crippen LogP contribution in [0.15, 0.2) is 24.3 Å². The Morgan fingerprint density at radius 1 is 1.22 bits per heavy atom. The van der Waals surface area contributed by atoms with E-state index in [-0.39, 0.29) is 12.5 Å². The van der Waals surface area contributed by atoms with Crippen LogP contribution in [0.4, 0.5) is 16.2 Å². The molecule has 0 aliphatic rings. The standard InChI is InChI=1S/C11H16N4O3/c1-18-9(6-12)10(16)14-7-2-4-8(5-3-7)15-11(13)17/h2-5,9H,6,12H2,1H3,(H,14,16)(H3,13,15,17). The predicted octanol–water partition coefficient (Wildman–Crippen LogP) is 0.0894. The zero-order valence-corrected chi connectivity index (χ0v) is 9.97. The van der Waals surface area contributed by atoms with Crippen molar-refractivity contribution in [2.45, 2.75) is 6.10 Å². The molecule has 7 nitrogen and oxygen atoms in total. The third kappa shape index (κ3) is 4.04. The molecule has 0 radical (unpaired) electrons. The third-order valence-corrected chi connectivity index (χ3v) is 2.21. The van der Waals surface area contributed by atoms with Gasteiger partial charge in [-0.1, -0.05) is 0 Å². The molecule has 0 aliphatic carbocycles. The van der Waals surface area contributed by atoms with Crippen LogP contribution >= 0.6 is 0 Å². The van der Waals surface area contributed by atoms with Gasteiger partial charge in [-0.2, -0.15) is 0 Å². The summed E-state index contributed by atoms with van der Waals surface area (Å²) in [5, 5.41) is 5.05. The number of carbonyl (C=O) groups excluding carboxylic acids is 2. The summed E-state index contributed by atoms with van der Waals surface area (Å²) in [6.45, 7) is 0.101. The number of primary amides is 1. The molecule has 0 saturated carbocycles. The van der Waals surface area contributed by atoms with Crippen LogP contribution in [0.1, 0.15) is 0 Å². The van der Waals surface area contributed by atoms with E-state index in [1.807, 2.05) is 0 Å². The van der Waals surface area contributed by atoms with E-state index in [2.05, 4.69) is 10.6 Å². The molecule has 0 aromatic heterocycles. The van der Waals surface area contributed by atoms with E-state index in [1.165, 1.54) is 7.11 Å². The fourth-order valence-electron chi connectivity index (χ4n) is 1.31. The molecule has 0 spiro atoms. The van der Waals surface area contributed by atoms with E-state index >= 15 is 0 Å². The number of benzene rings is 1. The van der Waals surface area contributed by atoms with Gasteiger partial charge in [0.1, 0.15) is 6.10 Å². The van der Waals surface area contributed by atoms with Crippen molar-refractivity contribution in [3.8, 4) is 0 Å². The van der Waals surface area contributed by atoms with Crippen LogP contribution in [-0.2, 0) is 9.53 Å². The Morgan fingerprint density at radius 3 is 2.11 bits per heavy atom. The Hall–Kier alpha value is -2.12. The van der Waals surface area contributed by atoms with E-state index in [9.17, 15) is 9.59 Å². The highest BCUT2D eigenvalue weighted by Gasteiger charge is 2.15. The molecule has 1 aromatic carbocycles. The van der Waals surface area contributed by atoms with Crippen molar-refractivity contribution in [2.24, 2.45) is 11.5 Å². The topological polar surface area (TPSA) is 119 Å². The summed E-state index contributed by atoms with van der Waals surface area (Å²) in [6.07, 6.45) is -0.687. The predicted molar refractivity (Wildman–Crippen MR) is 68.1 cm³/mol. The minimum atomic E-state index is -0.687. The minimum absolute atomic E-state index is 0.101. The van der Waals surface area contributed by atoms with Crippen molar-refractivity contribution in [2.75, 3.05) is 24.3 Å². The van der Waals surface area contributed by atoms with Crippen LogP contribution in [-0.4, -0.2) is 31.7 Å². The molecule has 18 heavy (non-hydrogen) atoms. The fraction of sp³-hybridized carbons (Fsp3) is 0.273. The van der Waals surface area contributed by atoms with Gasteiger partial charge in [-0.05, 0) is 24.3 Å². The van der Waals surface area contributed by atoms with E-state index < -0.39 is 12.1 Å². The molecular formula is C11H16N4O3. The van der Waals surface area contributed by atoms with Gasteiger partial charge in [0, 0.05) is 25.0 Å². The highest BCUT2D eigenvalue weighted by Crippen LogP contribution is 2.13. The second-order valence-corrected chi connectivity index (χ2v) is 3.52. The van der Waals surface area contributed by atoms with Crippen LogP contribution in [0.25, 0.3) is 0 Å². The highest BCUT2D eigenvalue weighted by atomic mass is 16.5. The molecule has 7 heteroatoms. The lowest BCUT2D eigenvalue weighted by Crippen LogP contribution is -2.35. The second-order valence-electron chi connectivity index (χ2n) is 3.52. The molecule has 0 aliphatic heterocycles. The Kier molecular flexibility index (Phi) is 5.09. The van der Waals surface area contributed by atoms with Crippen molar-refractivity contribution >= 4 is 23.3 Å². The maximum Gasteiger partial charge on any atom is 0.316 e. The van der Waals surface area contributed by atoms with Gasteiger partial charge >= 0.3 is 6.03 Å². The van der Waals surface area contributed by atoms with Crippen LogP contribution in [0.5, 0.6) is 0 Å². The maximum absolute atomic E-state index is 11.6. The van der Waals surface area contributed by atoms with Gasteiger partial charge in [-0.3, -0.25) is 4.79 Å². The molecule has 6 N–H and O–H groups in total. The molecule has 1 unspecified atom stereocenters. The summed E-state index contributed by atoms with van der Waals surface area (Å²) in [7, 11) is 1.41. The first-order chi connectivity index (χ1) is 8.56. The number of amides is 3. The summed E-state index contributed by atoms with van der Waals surface area (Å²) in [5.74, 6) is -0.324. The monoisotopic (exact) mass is 252 g/mol. The number of hydrogen-bond donors (Lipinski definition) is 4. The van der Waals surface area contributed by atoms with Gasteiger partial charge in [0.2, 0.25) is 0 Å². The third-order valence-electron chi connectivity index (χ3n) is 2.21. The number of rotatable bonds is 5. The van der Waals surface area contributed by atoms with Gasteiger partial charge in [0.25, 0.3) is 5.91 Å². The van der Waals surface area contributed by atoms with Crippen molar-refractivity contribution in [1.82, 2.24) is 0 Å². The number of ether oxygens (including phenoxy) is 1. The smallest absolute Gasteiger partial charge is 0.316 e. The lowest BCUT2D eigenvalue weighted by molar-refractivity contribution is -0.125. The molecule has 0 fully saturated rings. The summed E-state index contributed by atoms with van der Waals surface area (Å²) < 4.78 is 4.90. The van der Waals surface area contributed by atoms with Crippen LogP contribution in [0.2, 0.25) is 0 Å². The molecule has 0 heterocycles. The van der Waals surface area contributed by atoms with Gasteiger partial charge < -0.3 is 26.8 Å². The number of nitrogens with two attached hydrogens (primary N) is 2.